The molecule has 2 nitrogen and oxygen atoms in total. The zero-order valence-electron chi connectivity index (χ0n) is 34.9. The number of hydrogen-bond donors (Lipinski definition) is 3. The smallest absolute Gasteiger partial charge is 0.123 e. The molecule has 0 spiro atoms. The Morgan fingerprint density at radius 2 is 0.776 bits per heavy atom. The van der Waals surface area contributed by atoms with E-state index in [2.05, 4.69) is 116 Å². The third-order valence-electron chi connectivity index (χ3n) is 11.0. The minimum atomic E-state index is -0.392. The molecule has 0 aromatic heterocycles. The Hall–Kier alpha value is -1.61. The fourth-order valence-electron chi connectivity index (χ4n) is 8.44. The second-order valence-corrected chi connectivity index (χ2v) is 19.8. The molecule has 3 heteroatoms. The Morgan fingerprint density at radius 3 is 1.04 bits per heavy atom. The molecule has 0 atom stereocenters. The quantitative estimate of drug-likeness (QED) is 0.121. The fourth-order valence-corrected chi connectivity index (χ4v) is 8.94. The van der Waals surface area contributed by atoms with E-state index in [1.54, 1.807) is 0 Å². The number of hydrogen-bond acceptors (Lipinski definition) is 3. The summed E-state index contributed by atoms with van der Waals surface area (Å²) in [7, 11) is 0. The average molecular weight is 695 g/mol. The van der Waals surface area contributed by atoms with Crippen LogP contribution in [0.2, 0.25) is 0 Å². The molecule has 0 fully saturated rings. The van der Waals surface area contributed by atoms with Crippen LogP contribution in [0.5, 0.6) is 11.5 Å². The molecular weight excluding hydrogens is 617 g/mol. The fraction of sp³-hybridized carbons (Fsp3) is 0.739. The lowest BCUT2D eigenvalue weighted by Crippen LogP contribution is -2.35. The molecular formula is C46H78O2S. The van der Waals surface area contributed by atoms with E-state index in [9.17, 15) is 10.2 Å². The SMILES string of the molecule is CCCCCCCCCCCCCCC(CS)(c1cc(C(C)(C)C)c(O)c(C(C)(C)C)c1C)c1cc(C(C)(C)C)c(O)c(C(C)(C)C)c1C. The summed E-state index contributed by atoms with van der Waals surface area (Å²) in [4.78, 5) is 0. The van der Waals surface area contributed by atoms with Crippen LogP contribution < -0.4 is 0 Å². The van der Waals surface area contributed by atoms with E-state index in [-0.39, 0.29) is 21.7 Å². The minimum absolute atomic E-state index is 0.234. The van der Waals surface area contributed by atoms with E-state index in [4.69, 9.17) is 12.6 Å². The lowest BCUT2D eigenvalue weighted by Gasteiger charge is -2.42. The summed E-state index contributed by atoms with van der Waals surface area (Å²) in [6.45, 7) is 33.3. The molecule has 2 aromatic carbocycles. The molecule has 2 rings (SSSR count). The predicted octanol–water partition coefficient (Wildman–Crippen LogP) is 14.2. The molecule has 2 N–H and O–H groups in total. The Bertz CT molecular complexity index is 1270. The van der Waals surface area contributed by atoms with Gasteiger partial charge in [0.05, 0.1) is 0 Å². The van der Waals surface area contributed by atoms with Gasteiger partial charge in [0.1, 0.15) is 11.5 Å². The van der Waals surface area contributed by atoms with E-state index in [0.717, 1.165) is 35.1 Å². The van der Waals surface area contributed by atoms with Crippen molar-refractivity contribution >= 4 is 12.6 Å². The normalized spacial score (nSPS) is 13.4. The molecule has 0 amide bonds. The van der Waals surface area contributed by atoms with E-state index >= 15 is 0 Å². The number of rotatable bonds is 16. The van der Waals surface area contributed by atoms with Crippen LogP contribution in [0.1, 0.15) is 218 Å². The number of phenols is 2. The zero-order chi connectivity index (χ0) is 37.6. The first-order chi connectivity index (χ1) is 22.5. The highest BCUT2D eigenvalue weighted by molar-refractivity contribution is 7.80. The average Bonchev–Trinajstić information content (AvgIpc) is 2.94. The molecule has 0 bridgehead atoms. The van der Waals surface area contributed by atoms with Crippen molar-refractivity contribution in [1.29, 1.82) is 0 Å². The molecule has 0 aliphatic heterocycles. The van der Waals surface area contributed by atoms with Gasteiger partial charge in [-0.15, -0.1) is 0 Å². The summed E-state index contributed by atoms with van der Waals surface area (Å²) in [6.07, 6.45) is 16.8. The van der Waals surface area contributed by atoms with Crippen molar-refractivity contribution in [2.45, 2.75) is 214 Å². The van der Waals surface area contributed by atoms with Crippen molar-refractivity contribution in [2.24, 2.45) is 0 Å². The van der Waals surface area contributed by atoms with Gasteiger partial charge < -0.3 is 10.2 Å². The van der Waals surface area contributed by atoms with Gasteiger partial charge in [-0.25, -0.2) is 0 Å². The molecule has 0 saturated heterocycles. The van der Waals surface area contributed by atoms with E-state index < -0.39 is 5.41 Å². The third-order valence-corrected chi connectivity index (χ3v) is 11.5. The summed E-state index contributed by atoms with van der Waals surface area (Å²) in [5.41, 5.74) is 7.67. The first-order valence-electron chi connectivity index (χ1n) is 19.8. The van der Waals surface area contributed by atoms with Gasteiger partial charge in [-0.05, 0) is 75.3 Å². The number of thiol groups is 1. The second-order valence-electron chi connectivity index (χ2n) is 19.5. The molecule has 0 aliphatic rings. The maximum Gasteiger partial charge on any atom is 0.123 e. The molecule has 0 heterocycles. The highest BCUT2D eigenvalue weighted by atomic mass is 32.1. The minimum Gasteiger partial charge on any atom is -0.507 e. The van der Waals surface area contributed by atoms with Crippen molar-refractivity contribution < 1.29 is 10.2 Å². The van der Waals surface area contributed by atoms with Gasteiger partial charge in [-0.3, -0.25) is 0 Å². The van der Waals surface area contributed by atoms with Crippen LogP contribution in [-0.2, 0) is 27.1 Å². The van der Waals surface area contributed by atoms with Gasteiger partial charge in [-0.1, -0.05) is 179 Å². The van der Waals surface area contributed by atoms with Gasteiger partial charge in [0.15, 0.2) is 0 Å². The molecule has 0 saturated carbocycles. The van der Waals surface area contributed by atoms with Crippen LogP contribution in [0.3, 0.4) is 0 Å². The molecule has 0 radical (unpaired) electrons. The molecule has 2 aromatic rings. The van der Waals surface area contributed by atoms with E-state index in [0.29, 0.717) is 17.3 Å². The van der Waals surface area contributed by atoms with E-state index in [1.165, 1.54) is 92.9 Å². The number of unbranched alkanes of at least 4 members (excludes halogenated alkanes) is 11. The number of benzene rings is 2. The summed E-state index contributed by atoms with van der Waals surface area (Å²) in [5, 5.41) is 23.8. The standard InChI is InChI=1S/C46H78O2S/c1-16-17-18-19-20-21-22-23-24-25-26-27-28-46(31-49,34-29-36(42(4,5)6)40(47)38(32(34)2)44(10,11)12)35-30-37(43(7,8)9)41(48)39(33(35)3)45(13,14)15/h29-30,47-49H,16-28,31H2,1-15H3. The Labute approximate surface area is 310 Å². The monoisotopic (exact) mass is 695 g/mol. The second kappa shape index (κ2) is 17.3. The lowest BCUT2D eigenvalue weighted by molar-refractivity contribution is 0.412. The zero-order valence-corrected chi connectivity index (χ0v) is 35.8. The molecule has 280 valence electrons. The van der Waals surface area contributed by atoms with Crippen molar-refractivity contribution in [3.63, 3.8) is 0 Å². The lowest BCUT2D eigenvalue weighted by atomic mass is 9.63. The summed E-state index contributed by atoms with van der Waals surface area (Å²) in [5.74, 6) is 1.53. The Balaban J connectivity index is 2.77. The van der Waals surface area contributed by atoms with Crippen LogP contribution >= 0.6 is 12.6 Å². The maximum absolute atomic E-state index is 11.9. The van der Waals surface area contributed by atoms with Gasteiger partial charge in [0, 0.05) is 22.3 Å². The van der Waals surface area contributed by atoms with Crippen molar-refractivity contribution in [2.75, 3.05) is 5.75 Å². The van der Waals surface area contributed by atoms with Gasteiger partial charge in [-0.2, -0.15) is 12.6 Å². The topological polar surface area (TPSA) is 40.5 Å². The van der Waals surface area contributed by atoms with Gasteiger partial charge >= 0.3 is 0 Å². The largest absolute Gasteiger partial charge is 0.507 e. The Morgan fingerprint density at radius 1 is 0.469 bits per heavy atom. The van der Waals surface area contributed by atoms with Crippen molar-refractivity contribution in [1.82, 2.24) is 0 Å². The highest BCUT2D eigenvalue weighted by Gasteiger charge is 2.42. The van der Waals surface area contributed by atoms with Crippen LogP contribution in [0.15, 0.2) is 12.1 Å². The van der Waals surface area contributed by atoms with Crippen molar-refractivity contribution in [3.05, 3.63) is 56.6 Å². The predicted molar refractivity (Wildman–Crippen MR) is 221 cm³/mol. The summed E-state index contributed by atoms with van der Waals surface area (Å²) >= 11 is 5.28. The summed E-state index contributed by atoms with van der Waals surface area (Å²) < 4.78 is 0. The van der Waals surface area contributed by atoms with Crippen LogP contribution in [0.4, 0.5) is 0 Å². The molecule has 0 unspecified atom stereocenters. The molecule has 0 aliphatic carbocycles. The first kappa shape index (κ1) is 43.6. The van der Waals surface area contributed by atoms with Crippen LogP contribution in [-0.4, -0.2) is 16.0 Å². The van der Waals surface area contributed by atoms with Crippen LogP contribution in [0.25, 0.3) is 0 Å². The highest BCUT2D eigenvalue weighted by Crippen LogP contribution is 2.52. The first-order valence-corrected chi connectivity index (χ1v) is 20.5. The number of aromatic hydroxyl groups is 2. The Kier molecular flexibility index (Phi) is 15.4. The van der Waals surface area contributed by atoms with E-state index in [1.807, 2.05) is 0 Å². The van der Waals surface area contributed by atoms with Crippen LogP contribution in [0, 0.1) is 13.8 Å². The van der Waals surface area contributed by atoms with Gasteiger partial charge in [0.25, 0.3) is 0 Å². The third kappa shape index (κ3) is 10.7. The van der Waals surface area contributed by atoms with Crippen molar-refractivity contribution in [3.8, 4) is 11.5 Å². The van der Waals surface area contributed by atoms with Gasteiger partial charge in [0.2, 0.25) is 0 Å². The maximum atomic E-state index is 11.9. The molecule has 49 heavy (non-hydrogen) atoms. The summed E-state index contributed by atoms with van der Waals surface area (Å²) in [6, 6.07) is 4.66. The number of phenolic OH excluding ortho intramolecular Hbond substituents is 2.